The SMILES string of the molecule is CC(=O)Oc1cc[c-]cc1.COc1ccc(Cc2ccc(OC(=O)Oc3cc[c-]cc3)cc2)cc1.[Y]. The number of rotatable bonds is 6. The van der Waals surface area contributed by atoms with E-state index in [1.54, 1.807) is 67.8 Å². The molecular formula is C29H24O6Y-2. The van der Waals surface area contributed by atoms with Gasteiger partial charge in [-0.1, -0.05) is 24.3 Å². The van der Waals surface area contributed by atoms with E-state index in [9.17, 15) is 9.59 Å². The van der Waals surface area contributed by atoms with Gasteiger partial charge in [0.15, 0.2) is 0 Å². The normalized spacial score (nSPS) is 9.50. The van der Waals surface area contributed by atoms with Gasteiger partial charge in [-0.2, -0.15) is 36.4 Å². The van der Waals surface area contributed by atoms with Crippen molar-refractivity contribution in [1.29, 1.82) is 0 Å². The van der Waals surface area contributed by atoms with E-state index in [1.165, 1.54) is 12.5 Å². The molecular weight excluding hydrogens is 533 g/mol. The molecule has 4 aromatic rings. The Morgan fingerprint density at radius 2 is 1.00 bits per heavy atom. The van der Waals surface area contributed by atoms with Gasteiger partial charge in [0, 0.05) is 51.1 Å². The van der Waals surface area contributed by atoms with Gasteiger partial charge < -0.3 is 18.9 Å². The van der Waals surface area contributed by atoms with Gasteiger partial charge in [0.25, 0.3) is 0 Å². The van der Waals surface area contributed by atoms with Crippen molar-refractivity contribution in [3.63, 3.8) is 0 Å². The summed E-state index contributed by atoms with van der Waals surface area (Å²) >= 11 is 0. The van der Waals surface area contributed by atoms with Crippen molar-refractivity contribution in [2.45, 2.75) is 13.3 Å². The number of hydrogen-bond acceptors (Lipinski definition) is 6. The monoisotopic (exact) mass is 557 g/mol. The van der Waals surface area contributed by atoms with Crippen LogP contribution in [0.4, 0.5) is 4.79 Å². The molecule has 36 heavy (non-hydrogen) atoms. The molecule has 0 N–H and O–H groups in total. The first kappa shape index (κ1) is 28.8. The molecule has 4 aromatic carbocycles. The van der Waals surface area contributed by atoms with Crippen LogP contribution in [0.3, 0.4) is 0 Å². The minimum Gasteiger partial charge on any atom is -0.497 e. The zero-order valence-electron chi connectivity index (χ0n) is 20.0. The zero-order valence-corrected chi connectivity index (χ0v) is 22.8. The van der Waals surface area contributed by atoms with E-state index < -0.39 is 6.16 Å². The molecule has 0 bridgehead atoms. The van der Waals surface area contributed by atoms with Crippen molar-refractivity contribution in [2.24, 2.45) is 0 Å². The van der Waals surface area contributed by atoms with Crippen molar-refractivity contribution in [3.8, 4) is 23.0 Å². The van der Waals surface area contributed by atoms with E-state index in [2.05, 4.69) is 12.1 Å². The van der Waals surface area contributed by atoms with Crippen molar-refractivity contribution in [3.05, 3.63) is 120 Å². The van der Waals surface area contributed by atoms with E-state index in [-0.39, 0.29) is 38.7 Å². The Balaban J connectivity index is 0.000000350. The number of hydrogen-bond donors (Lipinski definition) is 0. The van der Waals surface area contributed by atoms with Crippen molar-refractivity contribution in [2.75, 3.05) is 7.11 Å². The van der Waals surface area contributed by atoms with Crippen LogP contribution in [0.2, 0.25) is 0 Å². The van der Waals surface area contributed by atoms with Gasteiger partial charge in [-0.25, -0.2) is 4.79 Å². The molecule has 0 saturated heterocycles. The van der Waals surface area contributed by atoms with Crippen LogP contribution in [0.1, 0.15) is 18.1 Å². The standard InChI is InChI=1S/C21H17O4.C8H7O2.Y/c1-23-18-11-7-16(8-12-18)15-17-9-13-20(14-10-17)25-21(22)24-19-5-3-2-4-6-19;1-7(9)10-8-5-3-2-4-6-8;/h3-14H,15H2,1H3;3-6H,1H3;/q2*-1;. The van der Waals surface area contributed by atoms with Gasteiger partial charge in [-0.15, -0.1) is 24.3 Å². The first-order chi connectivity index (χ1) is 17.0. The van der Waals surface area contributed by atoms with Crippen LogP contribution in [-0.2, 0) is 43.9 Å². The van der Waals surface area contributed by atoms with E-state index in [1.807, 2.05) is 36.4 Å². The first-order valence-electron chi connectivity index (χ1n) is 10.7. The molecule has 0 heterocycles. The molecule has 0 fully saturated rings. The fourth-order valence-electron chi connectivity index (χ4n) is 2.91. The number of methoxy groups -OCH3 is 1. The maximum Gasteiger partial charge on any atom is 0.517 e. The number of carbonyl (C=O) groups is 2. The van der Waals surface area contributed by atoms with Gasteiger partial charge in [-0.05, 0) is 41.8 Å². The third-order valence-corrected chi connectivity index (χ3v) is 4.53. The fraction of sp³-hybridized carbons (Fsp3) is 0.103. The second-order valence-corrected chi connectivity index (χ2v) is 7.19. The molecule has 0 aliphatic rings. The zero-order chi connectivity index (χ0) is 24.9. The predicted molar refractivity (Wildman–Crippen MR) is 131 cm³/mol. The van der Waals surface area contributed by atoms with Crippen LogP contribution in [-0.4, -0.2) is 19.2 Å². The van der Waals surface area contributed by atoms with E-state index in [4.69, 9.17) is 18.9 Å². The second kappa shape index (κ2) is 15.5. The predicted octanol–water partition coefficient (Wildman–Crippen LogP) is 6.07. The molecule has 0 aliphatic heterocycles. The van der Waals surface area contributed by atoms with Crippen molar-refractivity contribution < 1.29 is 61.2 Å². The Morgan fingerprint density at radius 3 is 1.42 bits per heavy atom. The molecule has 0 aromatic heterocycles. The molecule has 6 nitrogen and oxygen atoms in total. The molecule has 4 rings (SSSR count). The average Bonchev–Trinajstić information content (AvgIpc) is 2.87. The second-order valence-electron chi connectivity index (χ2n) is 7.19. The van der Waals surface area contributed by atoms with Gasteiger partial charge in [-0.3, -0.25) is 4.79 Å². The largest absolute Gasteiger partial charge is 0.517 e. The van der Waals surface area contributed by atoms with Crippen LogP contribution in [0.5, 0.6) is 23.0 Å². The van der Waals surface area contributed by atoms with Crippen LogP contribution in [0, 0.1) is 12.1 Å². The number of ether oxygens (including phenoxy) is 4. The van der Waals surface area contributed by atoms with E-state index in [0.29, 0.717) is 17.2 Å². The Morgan fingerprint density at radius 1 is 0.611 bits per heavy atom. The smallest absolute Gasteiger partial charge is 0.497 e. The fourth-order valence-corrected chi connectivity index (χ4v) is 2.91. The summed E-state index contributed by atoms with van der Waals surface area (Å²) in [6.07, 6.45) is 0.0176. The minimum atomic E-state index is -0.769. The minimum absolute atomic E-state index is 0. The summed E-state index contributed by atoms with van der Waals surface area (Å²) in [6.45, 7) is 1.37. The average molecular weight is 557 g/mol. The number of benzene rings is 4. The summed E-state index contributed by atoms with van der Waals surface area (Å²) in [5.74, 6) is 1.95. The van der Waals surface area contributed by atoms with Gasteiger partial charge >= 0.3 is 12.1 Å². The third-order valence-electron chi connectivity index (χ3n) is 4.53. The summed E-state index contributed by atoms with van der Waals surface area (Å²) < 4.78 is 20.1. The maximum atomic E-state index is 11.8. The van der Waals surface area contributed by atoms with Crippen LogP contribution < -0.4 is 18.9 Å². The molecule has 181 valence electrons. The quantitative estimate of drug-likeness (QED) is 0.124. The summed E-state index contributed by atoms with van der Waals surface area (Å²) in [6, 6.07) is 34.3. The maximum absolute atomic E-state index is 11.8. The summed E-state index contributed by atoms with van der Waals surface area (Å²) in [7, 11) is 1.65. The van der Waals surface area contributed by atoms with Crippen LogP contribution in [0.15, 0.2) is 97.1 Å². The summed E-state index contributed by atoms with van der Waals surface area (Å²) in [4.78, 5) is 22.1. The van der Waals surface area contributed by atoms with E-state index >= 15 is 0 Å². The molecule has 7 heteroatoms. The van der Waals surface area contributed by atoms with Gasteiger partial charge in [0.05, 0.1) is 7.11 Å². The molecule has 0 atom stereocenters. The molecule has 0 unspecified atom stereocenters. The topological polar surface area (TPSA) is 71.1 Å². The first-order valence-corrected chi connectivity index (χ1v) is 10.7. The molecule has 0 aliphatic carbocycles. The van der Waals surface area contributed by atoms with Gasteiger partial charge in [0.2, 0.25) is 0 Å². The number of esters is 1. The summed E-state index contributed by atoms with van der Waals surface area (Å²) in [5, 5.41) is 0. The molecule has 0 saturated carbocycles. The molecule has 0 spiro atoms. The Hall–Kier alpha value is -3.48. The molecule has 1 radical (unpaired) electrons. The Labute approximate surface area is 236 Å². The molecule has 0 amide bonds. The van der Waals surface area contributed by atoms with Crippen LogP contribution >= 0.6 is 0 Å². The summed E-state index contributed by atoms with van der Waals surface area (Å²) in [5.41, 5.74) is 2.29. The van der Waals surface area contributed by atoms with Crippen molar-refractivity contribution in [1.82, 2.24) is 0 Å². The van der Waals surface area contributed by atoms with E-state index in [0.717, 1.165) is 17.7 Å². The Kier molecular flexibility index (Phi) is 12.4. The third kappa shape index (κ3) is 10.4. The Bertz CT molecular complexity index is 1190. The number of carbonyl (C=O) groups excluding carboxylic acids is 2. The van der Waals surface area contributed by atoms with Crippen LogP contribution in [0.25, 0.3) is 0 Å². The van der Waals surface area contributed by atoms with Crippen molar-refractivity contribution >= 4 is 12.1 Å². The van der Waals surface area contributed by atoms with Gasteiger partial charge in [0.1, 0.15) is 11.5 Å².